The number of rotatable bonds is 2. The van der Waals surface area contributed by atoms with Crippen LogP contribution >= 0.6 is 11.6 Å². The molecule has 2 N–H and O–H groups in total. The summed E-state index contributed by atoms with van der Waals surface area (Å²) in [7, 11) is 3.36. The number of carbonyl (C=O) groups excluding carboxylic acids is 1. The number of aromatic nitrogens is 1. The number of anilines is 1. The van der Waals surface area contributed by atoms with Crippen molar-refractivity contribution in [2.45, 2.75) is 12.6 Å². The predicted molar refractivity (Wildman–Crippen MR) is 112 cm³/mol. The van der Waals surface area contributed by atoms with Gasteiger partial charge in [0.2, 0.25) is 0 Å². The van der Waals surface area contributed by atoms with Gasteiger partial charge in [-0.25, -0.2) is 18.0 Å². The fraction of sp³-hybridized carbons (Fsp3) is 0.238. The SMILES string of the molecule is CN1Cc2[nH]c(=O)c3cc(F)c(F)cc3c2[C@H](N(C)C(=O)Nc2ccc(F)c(Cl)c2)C1. The Morgan fingerprint density at radius 2 is 1.84 bits per heavy atom. The number of hydrogen-bond acceptors (Lipinski definition) is 3. The molecule has 31 heavy (non-hydrogen) atoms. The summed E-state index contributed by atoms with van der Waals surface area (Å²) < 4.78 is 41.2. The van der Waals surface area contributed by atoms with E-state index in [4.69, 9.17) is 11.6 Å². The molecule has 0 radical (unpaired) electrons. The molecule has 4 rings (SSSR count). The smallest absolute Gasteiger partial charge is 0.322 e. The van der Waals surface area contributed by atoms with Crippen molar-refractivity contribution < 1.29 is 18.0 Å². The third-order valence-corrected chi connectivity index (χ3v) is 5.68. The van der Waals surface area contributed by atoms with Crippen LogP contribution in [0.1, 0.15) is 17.3 Å². The van der Waals surface area contributed by atoms with Crippen molar-refractivity contribution in [3.63, 3.8) is 0 Å². The number of urea groups is 1. The maximum atomic E-state index is 14.0. The quantitative estimate of drug-likeness (QED) is 0.613. The van der Waals surface area contributed by atoms with Crippen molar-refractivity contribution in [3.05, 3.63) is 74.4 Å². The summed E-state index contributed by atoms with van der Waals surface area (Å²) in [6.45, 7) is 0.764. The van der Waals surface area contributed by atoms with Gasteiger partial charge in [-0.05, 0) is 42.8 Å². The Morgan fingerprint density at radius 1 is 1.16 bits per heavy atom. The summed E-state index contributed by atoms with van der Waals surface area (Å²) >= 11 is 5.77. The largest absolute Gasteiger partial charge is 0.324 e. The normalized spacial score (nSPS) is 16.3. The molecule has 0 saturated heterocycles. The van der Waals surface area contributed by atoms with E-state index >= 15 is 0 Å². The Labute approximate surface area is 180 Å². The van der Waals surface area contributed by atoms with Crippen molar-refractivity contribution in [2.75, 3.05) is 26.0 Å². The molecule has 0 spiro atoms. The number of aromatic amines is 1. The summed E-state index contributed by atoms with van der Waals surface area (Å²) in [5.41, 5.74) is 0.829. The molecule has 10 heteroatoms. The number of carbonyl (C=O) groups is 1. The monoisotopic (exact) mass is 450 g/mol. The van der Waals surface area contributed by atoms with Gasteiger partial charge in [0, 0.05) is 37.1 Å². The molecule has 162 valence electrons. The Bertz CT molecular complexity index is 1260. The van der Waals surface area contributed by atoms with E-state index in [2.05, 4.69) is 10.3 Å². The maximum Gasteiger partial charge on any atom is 0.322 e. The van der Waals surface area contributed by atoms with Crippen LogP contribution in [0.4, 0.5) is 23.7 Å². The molecule has 6 nitrogen and oxygen atoms in total. The average molecular weight is 451 g/mol. The fourth-order valence-corrected chi connectivity index (χ4v) is 4.04. The van der Waals surface area contributed by atoms with Gasteiger partial charge in [0.25, 0.3) is 5.56 Å². The first-order valence-corrected chi connectivity index (χ1v) is 9.74. The summed E-state index contributed by atoms with van der Waals surface area (Å²) in [5, 5.41) is 2.77. The minimum Gasteiger partial charge on any atom is -0.324 e. The Balaban J connectivity index is 1.76. The fourth-order valence-electron chi connectivity index (χ4n) is 3.86. The van der Waals surface area contributed by atoms with Crippen LogP contribution < -0.4 is 10.9 Å². The van der Waals surface area contributed by atoms with E-state index in [0.717, 1.165) is 18.2 Å². The van der Waals surface area contributed by atoms with Gasteiger partial charge in [-0.1, -0.05) is 11.6 Å². The number of nitrogens with zero attached hydrogens (tertiary/aromatic N) is 2. The molecule has 0 saturated carbocycles. The number of nitrogens with one attached hydrogen (secondary N) is 2. The van der Waals surface area contributed by atoms with Crippen molar-refractivity contribution in [2.24, 2.45) is 0 Å². The molecule has 0 unspecified atom stereocenters. The third-order valence-electron chi connectivity index (χ3n) is 5.39. The lowest BCUT2D eigenvalue weighted by Gasteiger charge is -2.38. The first kappa shape index (κ1) is 21.2. The van der Waals surface area contributed by atoms with Gasteiger partial charge in [0.15, 0.2) is 11.6 Å². The molecular weight excluding hydrogens is 433 g/mol. The second-order valence-corrected chi connectivity index (χ2v) is 7.95. The number of pyridine rings is 1. The summed E-state index contributed by atoms with van der Waals surface area (Å²) in [4.78, 5) is 31.4. The highest BCUT2D eigenvalue weighted by atomic mass is 35.5. The zero-order valence-corrected chi connectivity index (χ0v) is 17.4. The van der Waals surface area contributed by atoms with Gasteiger partial charge in [-0.3, -0.25) is 9.69 Å². The highest BCUT2D eigenvalue weighted by molar-refractivity contribution is 6.31. The molecule has 1 aliphatic rings. The topological polar surface area (TPSA) is 68.4 Å². The van der Waals surface area contributed by atoms with Gasteiger partial charge in [0.05, 0.1) is 16.5 Å². The Morgan fingerprint density at radius 3 is 2.52 bits per heavy atom. The summed E-state index contributed by atoms with van der Waals surface area (Å²) in [6.07, 6.45) is 0. The Kier molecular flexibility index (Phi) is 5.40. The number of halogens is 4. The molecule has 1 atom stereocenters. The molecule has 2 aromatic carbocycles. The lowest BCUT2D eigenvalue weighted by Crippen LogP contribution is -2.44. The van der Waals surface area contributed by atoms with Crippen LogP contribution in [-0.2, 0) is 6.54 Å². The minimum atomic E-state index is -1.12. The van der Waals surface area contributed by atoms with E-state index in [1.54, 1.807) is 7.05 Å². The molecule has 2 amide bonds. The zero-order valence-electron chi connectivity index (χ0n) is 16.6. The number of fused-ring (bicyclic) bond motifs is 3. The lowest BCUT2D eigenvalue weighted by atomic mass is 9.93. The van der Waals surface area contributed by atoms with Gasteiger partial charge < -0.3 is 15.2 Å². The number of hydrogen-bond donors (Lipinski definition) is 2. The molecule has 3 aromatic rings. The molecule has 0 aliphatic carbocycles. The predicted octanol–water partition coefficient (Wildman–Crippen LogP) is 4.25. The summed E-state index contributed by atoms with van der Waals surface area (Å²) in [5.74, 6) is -2.81. The van der Waals surface area contributed by atoms with Crippen LogP contribution in [0.2, 0.25) is 5.02 Å². The Hall–Kier alpha value is -3.04. The first-order valence-electron chi connectivity index (χ1n) is 9.37. The van der Waals surface area contributed by atoms with E-state index in [0.29, 0.717) is 30.0 Å². The molecular formula is C21H18ClF3N4O2. The highest BCUT2D eigenvalue weighted by Crippen LogP contribution is 2.34. The van der Waals surface area contributed by atoms with E-state index in [1.165, 1.54) is 17.0 Å². The second kappa shape index (κ2) is 7.90. The van der Waals surface area contributed by atoms with Crippen LogP contribution in [0, 0.1) is 17.5 Å². The molecule has 0 fully saturated rings. The molecule has 2 heterocycles. The van der Waals surface area contributed by atoms with E-state index in [-0.39, 0.29) is 15.8 Å². The first-order chi connectivity index (χ1) is 14.7. The van der Waals surface area contributed by atoms with Crippen LogP contribution in [0.3, 0.4) is 0 Å². The highest BCUT2D eigenvalue weighted by Gasteiger charge is 2.32. The lowest BCUT2D eigenvalue weighted by molar-refractivity contribution is 0.167. The van der Waals surface area contributed by atoms with Gasteiger partial charge in [-0.15, -0.1) is 0 Å². The van der Waals surface area contributed by atoms with Crippen molar-refractivity contribution >= 4 is 34.1 Å². The van der Waals surface area contributed by atoms with E-state index in [1.807, 2.05) is 11.9 Å². The summed E-state index contributed by atoms with van der Waals surface area (Å²) in [6, 6.07) is 4.55. The van der Waals surface area contributed by atoms with Crippen molar-refractivity contribution in [1.82, 2.24) is 14.8 Å². The third kappa shape index (κ3) is 3.86. The number of benzene rings is 2. The maximum absolute atomic E-state index is 14.0. The van der Waals surface area contributed by atoms with E-state index < -0.39 is 35.1 Å². The zero-order chi connectivity index (χ0) is 22.4. The average Bonchev–Trinajstić information content (AvgIpc) is 2.71. The molecule has 1 aliphatic heterocycles. The minimum absolute atomic E-state index is 0.00586. The van der Waals surface area contributed by atoms with Crippen LogP contribution in [-0.4, -0.2) is 41.5 Å². The number of H-pyrrole nitrogens is 1. The van der Waals surface area contributed by atoms with Gasteiger partial charge >= 0.3 is 6.03 Å². The second-order valence-electron chi connectivity index (χ2n) is 7.54. The number of amides is 2. The standard InChI is InChI=1S/C21H18ClF3N4O2/c1-28-8-17-19(11-6-15(24)16(25)7-12(11)20(30)27-17)18(9-28)29(2)21(31)26-10-3-4-14(23)13(22)5-10/h3-7,18H,8-9H2,1-2H3,(H,26,31)(H,27,30)/t18-/m1/s1. The van der Waals surface area contributed by atoms with Gasteiger partial charge in [-0.2, -0.15) is 0 Å². The van der Waals surface area contributed by atoms with Crippen molar-refractivity contribution in [3.8, 4) is 0 Å². The molecule has 0 bridgehead atoms. The van der Waals surface area contributed by atoms with Crippen molar-refractivity contribution in [1.29, 1.82) is 0 Å². The number of likely N-dealkylation sites (N-methyl/N-ethyl adjacent to an activating group) is 2. The van der Waals surface area contributed by atoms with Crippen LogP contribution in [0.25, 0.3) is 10.8 Å². The molecule has 1 aromatic heterocycles. The van der Waals surface area contributed by atoms with Gasteiger partial charge in [0.1, 0.15) is 5.82 Å². The van der Waals surface area contributed by atoms with Crippen LogP contribution in [0.15, 0.2) is 35.1 Å². The van der Waals surface area contributed by atoms with Crippen LogP contribution in [0.5, 0.6) is 0 Å². The van der Waals surface area contributed by atoms with E-state index in [9.17, 15) is 22.8 Å².